The fourth-order valence-corrected chi connectivity index (χ4v) is 4.24. The first-order valence-electron chi connectivity index (χ1n) is 11.2. The number of amides is 1. The Morgan fingerprint density at radius 3 is 2.47 bits per heavy atom. The summed E-state index contributed by atoms with van der Waals surface area (Å²) >= 11 is 0. The molecule has 2 aromatic heterocycles. The van der Waals surface area contributed by atoms with E-state index in [1.807, 2.05) is 37.1 Å². The van der Waals surface area contributed by atoms with E-state index in [1.54, 1.807) is 6.33 Å². The number of imidazole rings is 1. The summed E-state index contributed by atoms with van der Waals surface area (Å²) in [4.78, 5) is 53.3. The summed E-state index contributed by atoms with van der Waals surface area (Å²) in [6.07, 6.45) is 4.49. The second-order valence-corrected chi connectivity index (χ2v) is 8.23. The van der Waals surface area contributed by atoms with Gasteiger partial charge in [-0.2, -0.15) is 0 Å². The van der Waals surface area contributed by atoms with Crippen LogP contribution in [0.15, 0.2) is 36.7 Å². The summed E-state index contributed by atoms with van der Waals surface area (Å²) in [5.74, 6) is -2.70. The molecule has 11 heteroatoms. The predicted molar refractivity (Wildman–Crippen MR) is 129 cm³/mol. The number of carbonyl (C=O) groups is 4. The maximum Gasteiger partial charge on any atom is 0.328 e. The van der Waals surface area contributed by atoms with E-state index >= 15 is 0 Å². The van der Waals surface area contributed by atoms with E-state index in [0.717, 1.165) is 45.5 Å². The Morgan fingerprint density at radius 2 is 1.89 bits per heavy atom. The number of fused-ring (bicyclic) bond motifs is 3. The number of rotatable bonds is 7. The van der Waals surface area contributed by atoms with Gasteiger partial charge in [-0.15, -0.1) is 0 Å². The lowest BCUT2D eigenvalue weighted by molar-refractivity contribution is -0.140. The van der Waals surface area contributed by atoms with E-state index in [4.69, 9.17) is 14.9 Å². The van der Waals surface area contributed by atoms with E-state index in [1.165, 1.54) is 7.11 Å². The molecule has 1 amide bonds. The van der Waals surface area contributed by atoms with Gasteiger partial charge in [0.25, 0.3) is 5.91 Å². The third-order valence-corrected chi connectivity index (χ3v) is 6.01. The average molecular weight is 497 g/mol. The minimum atomic E-state index is -1.26. The van der Waals surface area contributed by atoms with Gasteiger partial charge in [-0.3, -0.25) is 9.59 Å². The standard InChI is InChI=1S/C21H24N4O3.C4H4O4/c1-13-16(23-12-22-13)11-25-10-9-17-19(21(25)27)15-6-4-5-14(20(15)24(17)2)7-8-18(26)28-3;5-3(6)1-2-4(7)8/h4-6,12H,7-11H2,1-3H3,(H,22,23);1-2H,(H,5,6)(H,7,8). The lowest BCUT2D eigenvalue weighted by Crippen LogP contribution is -2.37. The van der Waals surface area contributed by atoms with Crippen LogP contribution in [0.2, 0.25) is 0 Å². The minimum Gasteiger partial charge on any atom is -0.478 e. The van der Waals surface area contributed by atoms with Crippen LogP contribution in [-0.2, 0) is 45.6 Å². The third-order valence-electron chi connectivity index (χ3n) is 6.01. The monoisotopic (exact) mass is 496 g/mol. The number of esters is 1. The summed E-state index contributed by atoms with van der Waals surface area (Å²) in [7, 11) is 3.40. The number of aromatic nitrogens is 3. The van der Waals surface area contributed by atoms with Crippen molar-refractivity contribution in [2.75, 3.05) is 13.7 Å². The molecule has 4 rings (SSSR count). The number of carboxylic acids is 2. The Balaban J connectivity index is 0.000000392. The number of aliphatic carboxylic acids is 2. The van der Waals surface area contributed by atoms with Crippen molar-refractivity contribution in [3.8, 4) is 0 Å². The number of methoxy groups -OCH3 is 1. The topological polar surface area (TPSA) is 155 Å². The molecule has 0 unspecified atom stereocenters. The fraction of sp³-hybridized carbons (Fsp3) is 0.320. The fourth-order valence-electron chi connectivity index (χ4n) is 4.24. The maximum atomic E-state index is 13.3. The largest absolute Gasteiger partial charge is 0.478 e. The molecule has 0 atom stereocenters. The molecule has 0 fully saturated rings. The van der Waals surface area contributed by atoms with Crippen molar-refractivity contribution in [1.29, 1.82) is 0 Å². The molecule has 190 valence electrons. The van der Waals surface area contributed by atoms with Crippen LogP contribution < -0.4 is 0 Å². The van der Waals surface area contributed by atoms with Crippen LogP contribution in [0.5, 0.6) is 0 Å². The van der Waals surface area contributed by atoms with Gasteiger partial charge < -0.3 is 29.4 Å². The van der Waals surface area contributed by atoms with Gasteiger partial charge in [0.15, 0.2) is 0 Å². The number of aromatic amines is 1. The highest BCUT2D eigenvalue weighted by atomic mass is 16.5. The second kappa shape index (κ2) is 11.3. The molecular formula is C25H28N4O7. The molecular weight excluding hydrogens is 468 g/mol. The molecule has 0 aliphatic carbocycles. The zero-order valence-electron chi connectivity index (χ0n) is 20.3. The number of hydrogen-bond donors (Lipinski definition) is 3. The van der Waals surface area contributed by atoms with Gasteiger partial charge in [0.2, 0.25) is 0 Å². The van der Waals surface area contributed by atoms with Crippen LogP contribution >= 0.6 is 0 Å². The normalized spacial score (nSPS) is 12.9. The molecule has 3 heterocycles. The zero-order chi connectivity index (χ0) is 26.4. The molecule has 1 aliphatic rings. The number of aryl methyl sites for hydroxylation is 3. The lowest BCUT2D eigenvalue weighted by Gasteiger charge is -2.27. The van der Waals surface area contributed by atoms with Crippen molar-refractivity contribution in [3.05, 3.63) is 64.9 Å². The van der Waals surface area contributed by atoms with Crippen LogP contribution in [-0.4, -0.2) is 67.1 Å². The molecule has 0 radical (unpaired) electrons. The highest BCUT2D eigenvalue weighted by molar-refractivity contribution is 6.09. The van der Waals surface area contributed by atoms with Gasteiger partial charge in [0.1, 0.15) is 0 Å². The van der Waals surface area contributed by atoms with Crippen molar-refractivity contribution in [2.45, 2.75) is 32.7 Å². The summed E-state index contributed by atoms with van der Waals surface area (Å²) in [6, 6.07) is 5.97. The van der Waals surface area contributed by atoms with E-state index in [0.29, 0.717) is 38.1 Å². The highest BCUT2D eigenvalue weighted by Gasteiger charge is 2.31. The van der Waals surface area contributed by atoms with Gasteiger partial charge in [0.05, 0.1) is 36.8 Å². The number of carboxylic acid groups (broad SMARTS) is 2. The van der Waals surface area contributed by atoms with Crippen molar-refractivity contribution in [2.24, 2.45) is 7.05 Å². The molecule has 3 aromatic rings. The Morgan fingerprint density at radius 1 is 1.19 bits per heavy atom. The minimum absolute atomic E-state index is 0.0411. The molecule has 0 bridgehead atoms. The molecule has 36 heavy (non-hydrogen) atoms. The van der Waals surface area contributed by atoms with E-state index in [2.05, 4.69) is 14.5 Å². The summed E-state index contributed by atoms with van der Waals surface area (Å²) in [6.45, 7) is 3.14. The smallest absolute Gasteiger partial charge is 0.328 e. The predicted octanol–water partition coefficient (Wildman–Crippen LogP) is 2.23. The highest BCUT2D eigenvalue weighted by Crippen LogP contribution is 2.33. The van der Waals surface area contributed by atoms with Gasteiger partial charge in [0, 0.05) is 55.4 Å². The molecule has 1 aliphatic heterocycles. The van der Waals surface area contributed by atoms with Crippen LogP contribution in [0.3, 0.4) is 0 Å². The number of hydrogen-bond acceptors (Lipinski definition) is 6. The number of nitrogens with one attached hydrogen (secondary N) is 1. The lowest BCUT2D eigenvalue weighted by atomic mass is 10.0. The van der Waals surface area contributed by atoms with Crippen molar-refractivity contribution in [3.63, 3.8) is 0 Å². The molecule has 0 spiro atoms. The summed E-state index contributed by atoms with van der Waals surface area (Å²) in [5.41, 5.74) is 5.81. The van der Waals surface area contributed by atoms with Crippen molar-refractivity contribution < 1.29 is 34.1 Å². The quantitative estimate of drug-likeness (QED) is 0.332. The number of benzene rings is 1. The van der Waals surface area contributed by atoms with E-state index in [-0.39, 0.29) is 11.9 Å². The Kier molecular flexibility index (Phi) is 8.26. The van der Waals surface area contributed by atoms with Crippen molar-refractivity contribution in [1.82, 2.24) is 19.4 Å². The average Bonchev–Trinajstić information content (AvgIpc) is 3.39. The van der Waals surface area contributed by atoms with Gasteiger partial charge in [-0.1, -0.05) is 18.2 Å². The van der Waals surface area contributed by atoms with E-state index in [9.17, 15) is 19.2 Å². The molecule has 1 aromatic carbocycles. The number of carbonyl (C=O) groups excluding carboxylic acids is 2. The van der Waals surface area contributed by atoms with Gasteiger partial charge >= 0.3 is 17.9 Å². The molecule has 0 saturated heterocycles. The Bertz CT molecular complexity index is 1320. The van der Waals surface area contributed by atoms with Crippen LogP contribution in [0.25, 0.3) is 10.9 Å². The Hall–Kier alpha value is -4.41. The molecule has 11 nitrogen and oxygen atoms in total. The maximum absolute atomic E-state index is 13.3. The zero-order valence-corrected chi connectivity index (χ0v) is 20.3. The first-order chi connectivity index (χ1) is 17.1. The Labute approximate surface area is 207 Å². The third kappa shape index (κ3) is 5.80. The van der Waals surface area contributed by atoms with Gasteiger partial charge in [-0.25, -0.2) is 14.6 Å². The number of para-hydroxylation sites is 1. The second-order valence-electron chi connectivity index (χ2n) is 8.23. The number of H-pyrrole nitrogens is 1. The van der Waals surface area contributed by atoms with Crippen LogP contribution in [0.4, 0.5) is 0 Å². The van der Waals surface area contributed by atoms with Gasteiger partial charge in [-0.05, 0) is 18.9 Å². The number of ether oxygens (including phenoxy) is 1. The first kappa shape index (κ1) is 26.2. The van der Waals surface area contributed by atoms with E-state index < -0.39 is 11.9 Å². The SMILES string of the molecule is COC(=O)CCc1cccc2c3c(n(C)c12)CCN(Cc1nc[nH]c1C)C3=O.O=C(O)C=CC(=O)O. The van der Waals surface area contributed by atoms with Crippen LogP contribution in [0.1, 0.15) is 39.4 Å². The molecule has 3 N–H and O–H groups in total. The number of nitrogens with zero attached hydrogens (tertiary/aromatic N) is 3. The van der Waals surface area contributed by atoms with Crippen LogP contribution in [0, 0.1) is 6.92 Å². The summed E-state index contributed by atoms with van der Waals surface area (Å²) in [5, 5.41) is 16.6. The van der Waals surface area contributed by atoms with Crippen molar-refractivity contribution >= 4 is 34.7 Å². The molecule has 0 saturated carbocycles. The first-order valence-corrected chi connectivity index (χ1v) is 11.2. The summed E-state index contributed by atoms with van der Waals surface area (Å²) < 4.78 is 6.89.